The molecule has 0 heterocycles. The van der Waals surface area contributed by atoms with Gasteiger partial charge in [0.2, 0.25) is 0 Å². The minimum atomic E-state index is -0.522. The van der Waals surface area contributed by atoms with Crippen molar-refractivity contribution in [3.63, 3.8) is 0 Å². The molecular formula is C12H11N3O2. The van der Waals surface area contributed by atoms with Crippen molar-refractivity contribution in [2.24, 2.45) is 0 Å². The van der Waals surface area contributed by atoms with E-state index in [2.05, 4.69) is 11.2 Å². The molecule has 5 nitrogen and oxygen atoms in total. The zero-order chi connectivity index (χ0) is 12.8. The first-order valence-corrected chi connectivity index (χ1v) is 4.97. The lowest BCUT2D eigenvalue weighted by Gasteiger charge is -2.12. The fourth-order valence-electron chi connectivity index (χ4n) is 1.37. The van der Waals surface area contributed by atoms with Crippen molar-refractivity contribution in [3.05, 3.63) is 33.9 Å². The Bertz CT molecular complexity index is 511. The second-order valence-corrected chi connectivity index (χ2v) is 3.55. The standard InChI is InChI=1S/C12H11N3O2/c1-3-4-9(2)14-11-6-5-10(8-13)7-12(11)15(16)17/h1,5-7,9,14H,4H2,2H3. The van der Waals surface area contributed by atoms with E-state index in [0.717, 1.165) is 0 Å². The molecule has 1 N–H and O–H groups in total. The topological polar surface area (TPSA) is 79.0 Å². The van der Waals surface area contributed by atoms with Crippen LogP contribution >= 0.6 is 0 Å². The van der Waals surface area contributed by atoms with Crippen molar-refractivity contribution in [2.75, 3.05) is 5.32 Å². The number of terminal acetylenes is 1. The summed E-state index contributed by atoms with van der Waals surface area (Å²) in [6, 6.07) is 6.08. The third-order valence-corrected chi connectivity index (χ3v) is 2.15. The maximum atomic E-state index is 10.8. The number of nitrogens with zero attached hydrogens (tertiary/aromatic N) is 2. The largest absolute Gasteiger partial charge is 0.376 e. The molecule has 0 aliphatic rings. The van der Waals surface area contributed by atoms with E-state index in [1.165, 1.54) is 18.2 Å². The van der Waals surface area contributed by atoms with E-state index in [1.54, 1.807) is 0 Å². The van der Waals surface area contributed by atoms with Crippen molar-refractivity contribution in [1.29, 1.82) is 5.26 Å². The molecule has 0 amide bonds. The molecule has 1 aromatic carbocycles. The average Bonchev–Trinajstić information content (AvgIpc) is 2.29. The summed E-state index contributed by atoms with van der Waals surface area (Å²) < 4.78 is 0. The molecule has 0 spiro atoms. The van der Waals surface area contributed by atoms with E-state index in [0.29, 0.717) is 12.1 Å². The first kappa shape index (κ1) is 12.5. The number of benzene rings is 1. The van der Waals surface area contributed by atoms with E-state index in [1.807, 2.05) is 13.0 Å². The van der Waals surface area contributed by atoms with Crippen molar-refractivity contribution in [2.45, 2.75) is 19.4 Å². The van der Waals surface area contributed by atoms with Crippen LogP contribution in [0, 0.1) is 33.8 Å². The summed E-state index contributed by atoms with van der Waals surface area (Å²) >= 11 is 0. The third-order valence-electron chi connectivity index (χ3n) is 2.15. The Morgan fingerprint density at radius 1 is 1.65 bits per heavy atom. The fourth-order valence-corrected chi connectivity index (χ4v) is 1.37. The molecule has 5 heteroatoms. The second-order valence-electron chi connectivity index (χ2n) is 3.55. The predicted octanol–water partition coefficient (Wildman–Crippen LogP) is 2.29. The molecule has 1 unspecified atom stereocenters. The van der Waals surface area contributed by atoms with Gasteiger partial charge in [0, 0.05) is 18.5 Å². The highest BCUT2D eigenvalue weighted by Crippen LogP contribution is 2.26. The average molecular weight is 229 g/mol. The number of nitro groups is 1. The normalized spacial score (nSPS) is 11.0. The summed E-state index contributed by atoms with van der Waals surface area (Å²) in [5.74, 6) is 2.47. The number of hydrogen-bond donors (Lipinski definition) is 1. The van der Waals surface area contributed by atoms with Crippen LogP contribution in [0.5, 0.6) is 0 Å². The Balaban J connectivity index is 3.04. The molecule has 0 saturated heterocycles. The van der Waals surface area contributed by atoms with Gasteiger partial charge in [-0.2, -0.15) is 5.26 Å². The molecule has 0 fully saturated rings. The van der Waals surface area contributed by atoms with Gasteiger partial charge in [0.05, 0.1) is 16.6 Å². The maximum Gasteiger partial charge on any atom is 0.293 e. The first-order chi connectivity index (χ1) is 8.08. The molecule has 17 heavy (non-hydrogen) atoms. The van der Waals surface area contributed by atoms with Crippen molar-refractivity contribution < 1.29 is 4.92 Å². The molecule has 1 rings (SSSR count). The van der Waals surface area contributed by atoms with Crippen LogP contribution < -0.4 is 5.32 Å². The highest BCUT2D eigenvalue weighted by atomic mass is 16.6. The Morgan fingerprint density at radius 3 is 2.88 bits per heavy atom. The predicted molar refractivity (Wildman–Crippen MR) is 64.3 cm³/mol. The quantitative estimate of drug-likeness (QED) is 0.488. The Morgan fingerprint density at radius 2 is 2.35 bits per heavy atom. The van der Waals surface area contributed by atoms with Gasteiger partial charge in [-0.1, -0.05) is 0 Å². The molecule has 0 bridgehead atoms. The van der Waals surface area contributed by atoms with E-state index in [9.17, 15) is 10.1 Å². The smallest absolute Gasteiger partial charge is 0.293 e. The highest BCUT2D eigenvalue weighted by molar-refractivity contribution is 5.64. The molecule has 0 aromatic heterocycles. The lowest BCUT2D eigenvalue weighted by atomic mass is 10.1. The summed E-state index contributed by atoms with van der Waals surface area (Å²) in [6.07, 6.45) is 5.63. The van der Waals surface area contributed by atoms with Crippen LogP contribution in [0.25, 0.3) is 0 Å². The van der Waals surface area contributed by atoms with Crippen LogP contribution in [0.1, 0.15) is 18.9 Å². The molecule has 0 aliphatic heterocycles. The van der Waals surface area contributed by atoms with Gasteiger partial charge in [-0.15, -0.1) is 12.3 Å². The van der Waals surface area contributed by atoms with E-state index in [4.69, 9.17) is 11.7 Å². The Kier molecular flexibility index (Phi) is 4.08. The number of nitriles is 1. The number of rotatable bonds is 4. The zero-order valence-electron chi connectivity index (χ0n) is 9.30. The van der Waals surface area contributed by atoms with Crippen LogP contribution in [0.4, 0.5) is 11.4 Å². The molecular weight excluding hydrogens is 218 g/mol. The molecule has 1 aromatic rings. The van der Waals surface area contributed by atoms with Crippen LogP contribution in [-0.2, 0) is 0 Å². The zero-order valence-corrected chi connectivity index (χ0v) is 9.30. The molecule has 86 valence electrons. The van der Waals surface area contributed by atoms with Crippen LogP contribution in [0.2, 0.25) is 0 Å². The summed E-state index contributed by atoms with van der Waals surface area (Å²) in [5, 5.41) is 22.5. The lowest BCUT2D eigenvalue weighted by molar-refractivity contribution is -0.384. The number of nitro benzene ring substituents is 1. The van der Waals surface area contributed by atoms with E-state index >= 15 is 0 Å². The van der Waals surface area contributed by atoms with Gasteiger partial charge < -0.3 is 5.32 Å². The Hall–Kier alpha value is -2.53. The molecule has 0 radical (unpaired) electrons. The summed E-state index contributed by atoms with van der Waals surface area (Å²) in [7, 11) is 0. The monoisotopic (exact) mass is 229 g/mol. The van der Waals surface area contributed by atoms with E-state index < -0.39 is 4.92 Å². The third kappa shape index (κ3) is 3.22. The van der Waals surface area contributed by atoms with Gasteiger partial charge in [0.25, 0.3) is 5.69 Å². The van der Waals surface area contributed by atoms with Gasteiger partial charge in [-0.3, -0.25) is 10.1 Å². The molecule has 0 saturated carbocycles. The maximum absolute atomic E-state index is 10.8. The minimum Gasteiger partial charge on any atom is -0.376 e. The lowest BCUT2D eigenvalue weighted by Crippen LogP contribution is -2.15. The highest BCUT2D eigenvalue weighted by Gasteiger charge is 2.15. The first-order valence-electron chi connectivity index (χ1n) is 4.97. The van der Waals surface area contributed by atoms with Gasteiger partial charge in [-0.05, 0) is 19.1 Å². The van der Waals surface area contributed by atoms with Crippen LogP contribution in [0.15, 0.2) is 18.2 Å². The van der Waals surface area contributed by atoms with Gasteiger partial charge in [-0.25, -0.2) is 0 Å². The van der Waals surface area contributed by atoms with Crippen LogP contribution in [0.3, 0.4) is 0 Å². The van der Waals surface area contributed by atoms with E-state index in [-0.39, 0.29) is 17.3 Å². The Labute approximate surface area is 99.2 Å². The second kappa shape index (κ2) is 5.53. The van der Waals surface area contributed by atoms with Crippen molar-refractivity contribution in [3.8, 4) is 18.4 Å². The van der Waals surface area contributed by atoms with Gasteiger partial charge in [0.1, 0.15) is 5.69 Å². The minimum absolute atomic E-state index is 0.0633. The summed E-state index contributed by atoms with van der Waals surface area (Å²) in [5.41, 5.74) is 0.511. The summed E-state index contributed by atoms with van der Waals surface area (Å²) in [6.45, 7) is 1.84. The molecule has 0 aliphatic carbocycles. The SMILES string of the molecule is C#CCC(C)Nc1ccc(C#N)cc1[N+](=O)[O-]. The van der Waals surface area contributed by atoms with Crippen molar-refractivity contribution in [1.82, 2.24) is 0 Å². The van der Waals surface area contributed by atoms with Crippen molar-refractivity contribution >= 4 is 11.4 Å². The van der Waals surface area contributed by atoms with Crippen LogP contribution in [-0.4, -0.2) is 11.0 Å². The number of anilines is 1. The van der Waals surface area contributed by atoms with Gasteiger partial charge in [0.15, 0.2) is 0 Å². The number of hydrogen-bond acceptors (Lipinski definition) is 4. The fraction of sp³-hybridized carbons (Fsp3) is 0.250. The van der Waals surface area contributed by atoms with Gasteiger partial charge >= 0.3 is 0 Å². The molecule has 1 atom stereocenters. The number of nitrogens with one attached hydrogen (secondary N) is 1. The summed E-state index contributed by atoms with van der Waals surface area (Å²) in [4.78, 5) is 10.3.